The summed E-state index contributed by atoms with van der Waals surface area (Å²) in [6.07, 6.45) is 0. The number of benzene rings is 1. The van der Waals surface area contributed by atoms with Gasteiger partial charge in [-0.1, -0.05) is 5.16 Å². The monoisotopic (exact) mass is 419 g/mol. The second-order valence-electron chi connectivity index (χ2n) is 6.78. The van der Waals surface area contributed by atoms with Gasteiger partial charge in [-0.2, -0.15) is 11.8 Å². The van der Waals surface area contributed by atoms with Crippen molar-refractivity contribution >= 4 is 41.0 Å². The van der Waals surface area contributed by atoms with Crippen molar-refractivity contribution in [1.29, 1.82) is 0 Å². The van der Waals surface area contributed by atoms with Gasteiger partial charge in [0.05, 0.1) is 11.4 Å². The molecule has 0 bridgehead atoms. The van der Waals surface area contributed by atoms with Gasteiger partial charge in [0.2, 0.25) is 5.91 Å². The van der Waals surface area contributed by atoms with Crippen molar-refractivity contribution < 1.29 is 14.1 Å². The molecule has 0 radical (unpaired) electrons. The highest BCUT2D eigenvalue weighted by Crippen LogP contribution is 2.22. The van der Waals surface area contributed by atoms with Crippen LogP contribution in [0.25, 0.3) is 0 Å². The molecule has 0 saturated carbocycles. The van der Waals surface area contributed by atoms with Crippen LogP contribution in [0, 0.1) is 20.8 Å². The summed E-state index contributed by atoms with van der Waals surface area (Å²) in [4.78, 5) is 26.8. The number of carbonyl (C=O) groups is 2. The molecular formula is C20H25N3O3S2. The minimum absolute atomic E-state index is 0.0630. The molecule has 150 valence electrons. The molecular weight excluding hydrogens is 394 g/mol. The van der Waals surface area contributed by atoms with E-state index in [4.69, 9.17) is 4.52 Å². The van der Waals surface area contributed by atoms with E-state index in [1.54, 1.807) is 6.07 Å². The molecule has 8 heteroatoms. The molecule has 2 aromatic rings. The number of nitrogens with one attached hydrogen (secondary N) is 1. The Morgan fingerprint density at radius 1 is 1.25 bits per heavy atom. The number of hydrogen-bond donors (Lipinski definition) is 1. The summed E-state index contributed by atoms with van der Waals surface area (Å²) in [6, 6.07) is 5.47. The van der Waals surface area contributed by atoms with Crippen LogP contribution in [-0.4, -0.2) is 52.2 Å². The summed E-state index contributed by atoms with van der Waals surface area (Å²) >= 11 is 3.40. The number of hydrogen-bond acceptors (Lipinski definition) is 6. The van der Waals surface area contributed by atoms with Crippen LogP contribution in [-0.2, 0) is 10.5 Å². The highest BCUT2D eigenvalue weighted by Gasteiger charge is 2.19. The lowest BCUT2D eigenvalue weighted by Gasteiger charge is -2.26. The second-order valence-corrected chi connectivity index (χ2v) is 8.99. The smallest absolute Gasteiger partial charge is 0.253 e. The van der Waals surface area contributed by atoms with Gasteiger partial charge in [-0.3, -0.25) is 9.59 Å². The zero-order valence-electron chi connectivity index (χ0n) is 16.4. The van der Waals surface area contributed by atoms with Gasteiger partial charge in [0.25, 0.3) is 5.91 Å². The largest absolute Gasteiger partial charge is 0.361 e. The van der Waals surface area contributed by atoms with Crippen LogP contribution in [0.3, 0.4) is 0 Å². The van der Waals surface area contributed by atoms with E-state index >= 15 is 0 Å². The first kappa shape index (κ1) is 20.8. The molecule has 0 atom stereocenters. The lowest BCUT2D eigenvalue weighted by atomic mass is 10.1. The summed E-state index contributed by atoms with van der Waals surface area (Å²) < 4.78 is 5.14. The Balaban J connectivity index is 1.53. The number of amides is 2. The predicted octanol–water partition coefficient (Wildman–Crippen LogP) is 3.66. The van der Waals surface area contributed by atoms with Gasteiger partial charge < -0.3 is 14.7 Å². The first-order chi connectivity index (χ1) is 13.5. The van der Waals surface area contributed by atoms with Crippen LogP contribution < -0.4 is 5.32 Å². The van der Waals surface area contributed by atoms with E-state index in [2.05, 4.69) is 10.5 Å². The topological polar surface area (TPSA) is 75.4 Å². The van der Waals surface area contributed by atoms with E-state index in [1.807, 2.05) is 49.6 Å². The number of aromatic nitrogens is 1. The van der Waals surface area contributed by atoms with E-state index < -0.39 is 0 Å². The lowest BCUT2D eigenvalue weighted by molar-refractivity contribution is -0.113. The van der Waals surface area contributed by atoms with Crippen molar-refractivity contribution in [2.45, 2.75) is 26.5 Å². The highest BCUT2D eigenvalue weighted by atomic mass is 32.2. The van der Waals surface area contributed by atoms with Crippen molar-refractivity contribution in [2.75, 3.05) is 35.7 Å². The zero-order chi connectivity index (χ0) is 20.1. The Kier molecular flexibility index (Phi) is 7.07. The van der Waals surface area contributed by atoms with Crippen LogP contribution in [0.15, 0.2) is 22.7 Å². The number of rotatable bonds is 6. The fraction of sp³-hybridized carbons (Fsp3) is 0.450. The van der Waals surface area contributed by atoms with E-state index in [0.29, 0.717) is 17.1 Å². The van der Waals surface area contributed by atoms with Gasteiger partial charge >= 0.3 is 0 Å². The molecule has 1 N–H and O–H groups in total. The van der Waals surface area contributed by atoms with E-state index in [1.165, 1.54) is 11.8 Å². The maximum absolute atomic E-state index is 12.6. The highest BCUT2D eigenvalue weighted by molar-refractivity contribution is 7.99. The molecule has 1 aliphatic heterocycles. The zero-order valence-corrected chi connectivity index (χ0v) is 18.0. The van der Waals surface area contributed by atoms with Gasteiger partial charge in [-0.05, 0) is 44.5 Å². The van der Waals surface area contributed by atoms with E-state index in [-0.39, 0.29) is 11.8 Å². The summed E-state index contributed by atoms with van der Waals surface area (Å²) in [6.45, 7) is 7.29. The fourth-order valence-electron chi connectivity index (χ4n) is 3.03. The molecule has 0 spiro atoms. The summed E-state index contributed by atoms with van der Waals surface area (Å²) in [5.41, 5.74) is 4.23. The first-order valence-electron chi connectivity index (χ1n) is 9.22. The van der Waals surface area contributed by atoms with Crippen molar-refractivity contribution in [2.24, 2.45) is 0 Å². The molecule has 2 amide bonds. The van der Waals surface area contributed by atoms with Crippen LogP contribution in [0.1, 0.15) is 32.9 Å². The SMILES string of the molecule is Cc1cc(C(=O)N2CCSCC2)ccc1NC(=O)CSCc1c(C)noc1C. The normalized spacial score (nSPS) is 14.2. The van der Waals surface area contributed by atoms with Gasteiger partial charge in [0, 0.05) is 47.2 Å². The molecule has 2 heterocycles. The average molecular weight is 420 g/mol. The number of thioether (sulfide) groups is 2. The predicted molar refractivity (Wildman–Crippen MR) is 115 cm³/mol. The molecule has 1 aromatic heterocycles. The molecule has 1 saturated heterocycles. The van der Waals surface area contributed by atoms with Crippen molar-refractivity contribution in [1.82, 2.24) is 10.1 Å². The lowest BCUT2D eigenvalue weighted by Crippen LogP contribution is -2.37. The molecule has 1 aliphatic rings. The van der Waals surface area contributed by atoms with Crippen LogP contribution in [0.5, 0.6) is 0 Å². The van der Waals surface area contributed by atoms with Crippen LogP contribution in [0.2, 0.25) is 0 Å². The van der Waals surface area contributed by atoms with Crippen molar-refractivity contribution in [3.63, 3.8) is 0 Å². The van der Waals surface area contributed by atoms with Gasteiger partial charge in [0.1, 0.15) is 5.76 Å². The third-order valence-electron chi connectivity index (χ3n) is 4.71. The first-order valence-corrected chi connectivity index (χ1v) is 11.5. The molecule has 0 aliphatic carbocycles. The number of anilines is 1. The summed E-state index contributed by atoms with van der Waals surface area (Å²) in [5.74, 6) is 3.82. The molecule has 1 fully saturated rings. The Morgan fingerprint density at radius 3 is 2.64 bits per heavy atom. The van der Waals surface area contributed by atoms with Gasteiger partial charge in [-0.15, -0.1) is 11.8 Å². The maximum atomic E-state index is 12.6. The standard InChI is InChI=1S/C20H25N3O3S2/c1-13-10-16(20(25)23-6-8-27-9-7-23)4-5-18(13)21-19(24)12-28-11-17-14(2)22-26-15(17)3/h4-5,10H,6-9,11-12H2,1-3H3,(H,21,24). The second kappa shape index (κ2) is 9.52. The average Bonchev–Trinajstić information content (AvgIpc) is 3.01. The minimum Gasteiger partial charge on any atom is -0.361 e. The number of nitrogens with zero attached hydrogens (tertiary/aromatic N) is 2. The minimum atomic E-state index is -0.0630. The molecule has 1 aromatic carbocycles. The van der Waals surface area contributed by atoms with E-state index in [0.717, 1.165) is 52.9 Å². The Labute approximate surface area is 173 Å². The van der Waals surface area contributed by atoms with Gasteiger partial charge in [0.15, 0.2) is 0 Å². The van der Waals surface area contributed by atoms with Gasteiger partial charge in [-0.25, -0.2) is 0 Å². The van der Waals surface area contributed by atoms with Crippen molar-refractivity contribution in [3.8, 4) is 0 Å². The summed E-state index contributed by atoms with van der Waals surface area (Å²) in [7, 11) is 0. The molecule has 6 nitrogen and oxygen atoms in total. The van der Waals surface area contributed by atoms with Crippen LogP contribution >= 0.6 is 23.5 Å². The molecule has 3 rings (SSSR count). The summed E-state index contributed by atoms with van der Waals surface area (Å²) in [5, 5.41) is 6.87. The Hall–Kier alpha value is -1.93. The number of aryl methyl sites for hydroxylation is 3. The maximum Gasteiger partial charge on any atom is 0.253 e. The third kappa shape index (κ3) is 5.11. The third-order valence-corrected chi connectivity index (χ3v) is 6.61. The molecule has 28 heavy (non-hydrogen) atoms. The number of carbonyl (C=O) groups excluding carboxylic acids is 2. The fourth-order valence-corrected chi connectivity index (χ4v) is 4.90. The Morgan fingerprint density at radius 2 is 2.00 bits per heavy atom. The van der Waals surface area contributed by atoms with Crippen LogP contribution in [0.4, 0.5) is 5.69 Å². The van der Waals surface area contributed by atoms with E-state index in [9.17, 15) is 9.59 Å². The molecule has 0 unspecified atom stereocenters. The Bertz CT molecular complexity index is 841. The quantitative estimate of drug-likeness (QED) is 0.770. The van der Waals surface area contributed by atoms with Crippen molar-refractivity contribution in [3.05, 3.63) is 46.3 Å².